The molecule has 1 unspecified atom stereocenters. The zero-order chi connectivity index (χ0) is 15.1. The molecule has 1 atom stereocenters. The van der Waals surface area contributed by atoms with E-state index in [1.165, 1.54) is 6.92 Å². The molecule has 0 aliphatic rings. The third-order valence-corrected chi connectivity index (χ3v) is 3.15. The van der Waals surface area contributed by atoms with Crippen molar-refractivity contribution in [1.82, 2.24) is 10.2 Å². The molecule has 1 rings (SSSR count). The largest absolute Gasteiger partial charge is 0.480 e. The third kappa shape index (κ3) is 5.40. The predicted molar refractivity (Wildman–Crippen MR) is 77.4 cm³/mol. The van der Waals surface area contributed by atoms with Gasteiger partial charge in [0, 0.05) is 26.6 Å². The molecule has 0 saturated heterocycles. The lowest BCUT2D eigenvalue weighted by atomic mass is 10.1. The number of nitrogens with zero attached hydrogens (tertiary/aromatic N) is 1. The van der Waals surface area contributed by atoms with E-state index in [4.69, 9.17) is 5.11 Å². The maximum atomic E-state index is 11.2. The molecule has 0 heterocycles. The van der Waals surface area contributed by atoms with Gasteiger partial charge >= 0.3 is 5.97 Å². The Balaban J connectivity index is 2.71. The van der Waals surface area contributed by atoms with Crippen LogP contribution in [0.5, 0.6) is 0 Å². The Labute approximate surface area is 119 Å². The van der Waals surface area contributed by atoms with Gasteiger partial charge < -0.3 is 10.4 Å². The summed E-state index contributed by atoms with van der Waals surface area (Å²) in [6.07, 6.45) is 0. The summed E-state index contributed by atoms with van der Waals surface area (Å²) in [6, 6.07) is 7.39. The third-order valence-electron chi connectivity index (χ3n) is 3.15. The average Bonchev–Trinajstić information content (AvgIpc) is 2.36. The van der Waals surface area contributed by atoms with Gasteiger partial charge in [0.25, 0.3) is 0 Å². The second-order valence-corrected chi connectivity index (χ2v) is 4.96. The molecular formula is C15H22N2O3. The van der Waals surface area contributed by atoms with E-state index in [9.17, 15) is 9.59 Å². The van der Waals surface area contributed by atoms with Crippen LogP contribution in [0.25, 0.3) is 0 Å². The first kappa shape index (κ1) is 16.2. The van der Waals surface area contributed by atoms with Gasteiger partial charge in [-0.25, -0.2) is 0 Å². The van der Waals surface area contributed by atoms with Crippen molar-refractivity contribution in [3.63, 3.8) is 0 Å². The predicted octanol–water partition coefficient (Wildman–Crippen LogP) is 1.41. The summed E-state index contributed by atoms with van der Waals surface area (Å²) in [7, 11) is 0. The minimum Gasteiger partial charge on any atom is -0.480 e. The van der Waals surface area contributed by atoms with Crippen molar-refractivity contribution in [3.05, 3.63) is 35.4 Å². The fourth-order valence-electron chi connectivity index (χ4n) is 1.99. The van der Waals surface area contributed by atoms with Gasteiger partial charge in [-0.2, -0.15) is 0 Å². The minimum absolute atomic E-state index is 0.108. The van der Waals surface area contributed by atoms with Crippen LogP contribution < -0.4 is 5.32 Å². The van der Waals surface area contributed by atoms with Crippen molar-refractivity contribution in [1.29, 1.82) is 0 Å². The van der Waals surface area contributed by atoms with E-state index < -0.39 is 12.0 Å². The van der Waals surface area contributed by atoms with Crippen LogP contribution in [-0.4, -0.2) is 41.0 Å². The highest BCUT2D eigenvalue weighted by molar-refractivity contribution is 5.73. The highest BCUT2D eigenvalue weighted by Gasteiger charge is 2.20. The molecule has 1 aromatic rings. The topological polar surface area (TPSA) is 69.6 Å². The molecule has 2 N–H and O–H groups in total. The summed E-state index contributed by atoms with van der Waals surface area (Å²) in [6.45, 7) is 6.61. The van der Waals surface area contributed by atoms with Crippen molar-refractivity contribution in [2.24, 2.45) is 0 Å². The number of carbonyl (C=O) groups excluding carboxylic acids is 1. The van der Waals surface area contributed by atoms with Crippen LogP contribution in [0.4, 0.5) is 0 Å². The lowest BCUT2D eigenvalue weighted by molar-refractivity contribution is -0.142. The van der Waals surface area contributed by atoms with E-state index in [2.05, 4.69) is 5.32 Å². The smallest absolute Gasteiger partial charge is 0.320 e. The van der Waals surface area contributed by atoms with Crippen molar-refractivity contribution in [2.75, 3.05) is 13.1 Å². The first-order valence-corrected chi connectivity index (χ1v) is 6.67. The molecule has 0 spiro atoms. The van der Waals surface area contributed by atoms with E-state index in [-0.39, 0.29) is 5.91 Å². The second kappa shape index (κ2) is 7.65. The molecule has 0 saturated carbocycles. The summed E-state index contributed by atoms with van der Waals surface area (Å²) in [5, 5.41) is 11.9. The van der Waals surface area contributed by atoms with Crippen molar-refractivity contribution in [2.45, 2.75) is 33.4 Å². The first-order chi connectivity index (χ1) is 9.40. The Morgan fingerprint density at radius 2 is 2.10 bits per heavy atom. The molecule has 1 aromatic carbocycles. The number of carbonyl (C=O) groups is 2. The van der Waals surface area contributed by atoms with Crippen LogP contribution in [0.2, 0.25) is 0 Å². The van der Waals surface area contributed by atoms with E-state index in [0.29, 0.717) is 19.6 Å². The van der Waals surface area contributed by atoms with Crippen LogP contribution in [0.1, 0.15) is 25.0 Å². The normalized spacial score (nSPS) is 12.2. The standard InChI is InChI=1S/C15H22N2O3/c1-11-5-4-6-14(9-11)10-17(12(2)15(19)20)8-7-16-13(3)18/h4-6,9,12H,7-8,10H2,1-3H3,(H,16,18)(H,19,20). The number of carboxylic acids is 1. The Hall–Kier alpha value is -1.88. The maximum absolute atomic E-state index is 11.2. The number of aliphatic carboxylic acids is 1. The van der Waals surface area contributed by atoms with E-state index >= 15 is 0 Å². The van der Waals surface area contributed by atoms with Gasteiger partial charge in [-0.05, 0) is 19.4 Å². The van der Waals surface area contributed by atoms with Crippen LogP contribution in [0.15, 0.2) is 24.3 Å². The lowest BCUT2D eigenvalue weighted by Gasteiger charge is -2.26. The first-order valence-electron chi connectivity index (χ1n) is 6.67. The highest BCUT2D eigenvalue weighted by Crippen LogP contribution is 2.10. The molecule has 0 bridgehead atoms. The Morgan fingerprint density at radius 3 is 2.65 bits per heavy atom. The van der Waals surface area contributed by atoms with Gasteiger partial charge in [0.1, 0.15) is 6.04 Å². The Kier molecular flexibility index (Phi) is 6.18. The van der Waals surface area contributed by atoms with Gasteiger partial charge in [-0.15, -0.1) is 0 Å². The second-order valence-electron chi connectivity index (χ2n) is 4.96. The van der Waals surface area contributed by atoms with Crippen LogP contribution in [0.3, 0.4) is 0 Å². The average molecular weight is 278 g/mol. The number of nitrogens with one attached hydrogen (secondary N) is 1. The molecule has 20 heavy (non-hydrogen) atoms. The Morgan fingerprint density at radius 1 is 1.40 bits per heavy atom. The molecule has 5 heteroatoms. The molecular weight excluding hydrogens is 256 g/mol. The number of benzene rings is 1. The van der Waals surface area contributed by atoms with Crippen molar-refractivity contribution < 1.29 is 14.7 Å². The molecule has 0 aliphatic heterocycles. The number of hydrogen-bond donors (Lipinski definition) is 2. The zero-order valence-corrected chi connectivity index (χ0v) is 12.2. The minimum atomic E-state index is -0.861. The lowest BCUT2D eigenvalue weighted by Crippen LogP contribution is -2.42. The summed E-state index contributed by atoms with van der Waals surface area (Å²) >= 11 is 0. The maximum Gasteiger partial charge on any atom is 0.320 e. The molecule has 110 valence electrons. The number of aryl methyl sites for hydroxylation is 1. The van der Waals surface area contributed by atoms with Gasteiger partial charge in [-0.3, -0.25) is 14.5 Å². The zero-order valence-electron chi connectivity index (χ0n) is 12.2. The van der Waals surface area contributed by atoms with Crippen molar-refractivity contribution in [3.8, 4) is 0 Å². The van der Waals surface area contributed by atoms with E-state index in [0.717, 1.165) is 11.1 Å². The quantitative estimate of drug-likeness (QED) is 0.791. The SMILES string of the molecule is CC(=O)NCCN(Cc1cccc(C)c1)C(C)C(=O)O. The summed E-state index contributed by atoms with van der Waals surface area (Å²) in [4.78, 5) is 23.9. The van der Waals surface area contributed by atoms with Gasteiger partial charge in [0.15, 0.2) is 0 Å². The van der Waals surface area contributed by atoms with Gasteiger partial charge in [-0.1, -0.05) is 29.8 Å². The molecule has 0 aromatic heterocycles. The number of carboxylic acid groups (broad SMARTS) is 1. The molecule has 5 nitrogen and oxygen atoms in total. The summed E-state index contributed by atoms with van der Waals surface area (Å²) in [5.41, 5.74) is 2.22. The van der Waals surface area contributed by atoms with Gasteiger partial charge in [0.2, 0.25) is 5.91 Å². The molecule has 0 radical (unpaired) electrons. The number of rotatable bonds is 7. The molecule has 1 amide bonds. The highest BCUT2D eigenvalue weighted by atomic mass is 16.4. The van der Waals surface area contributed by atoms with Gasteiger partial charge in [0.05, 0.1) is 0 Å². The molecule has 0 aliphatic carbocycles. The fraction of sp³-hybridized carbons (Fsp3) is 0.467. The molecule has 0 fully saturated rings. The van der Waals surface area contributed by atoms with Crippen LogP contribution in [0, 0.1) is 6.92 Å². The Bertz CT molecular complexity index is 474. The van der Waals surface area contributed by atoms with Crippen LogP contribution in [-0.2, 0) is 16.1 Å². The van der Waals surface area contributed by atoms with Crippen LogP contribution >= 0.6 is 0 Å². The monoisotopic (exact) mass is 278 g/mol. The number of hydrogen-bond acceptors (Lipinski definition) is 3. The van der Waals surface area contributed by atoms with E-state index in [1.807, 2.05) is 36.1 Å². The van der Waals surface area contributed by atoms with E-state index in [1.54, 1.807) is 6.92 Å². The fourth-order valence-corrected chi connectivity index (χ4v) is 1.99. The summed E-state index contributed by atoms with van der Waals surface area (Å²) in [5.74, 6) is -0.969. The summed E-state index contributed by atoms with van der Waals surface area (Å²) < 4.78 is 0. The van der Waals surface area contributed by atoms with Crippen molar-refractivity contribution >= 4 is 11.9 Å². The number of amides is 1.